The highest BCUT2D eigenvalue weighted by Gasteiger charge is 2.45. The van der Waals surface area contributed by atoms with Crippen molar-refractivity contribution >= 4 is 17.7 Å². The third-order valence-electron chi connectivity index (χ3n) is 7.48. The van der Waals surface area contributed by atoms with E-state index in [2.05, 4.69) is 36.7 Å². The fourth-order valence-corrected chi connectivity index (χ4v) is 4.64. The van der Waals surface area contributed by atoms with Crippen LogP contribution in [0.2, 0.25) is 0 Å². The molecule has 2 rings (SSSR count). The van der Waals surface area contributed by atoms with Gasteiger partial charge in [-0.1, -0.05) is 34.6 Å². The Morgan fingerprint density at radius 1 is 0.767 bits per heavy atom. The van der Waals surface area contributed by atoms with E-state index in [0.29, 0.717) is 11.8 Å². The summed E-state index contributed by atoms with van der Waals surface area (Å²) >= 11 is 0. The maximum atomic E-state index is 12.9. The van der Waals surface area contributed by atoms with Crippen molar-refractivity contribution in [3.8, 4) is 0 Å². The summed E-state index contributed by atoms with van der Waals surface area (Å²) in [5.41, 5.74) is 0. The summed E-state index contributed by atoms with van der Waals surface area (Å²) in [5.74, 6) is 0.285. The van der Waals surface area contributed by atoms with Gasteiger partial charge in [0.05, 0.1) is 18.2 Å². The van der Waals surface area contributed by atoms with E-state index in [4.69, 9.17) is 9.47 Å². The van der Waals surface area contributed by atoms with Crippen molar-refractivity contribution in [2.75, 3.05) is 13.6 Å². The van der Waals surface area contributed by atoms with Crippen LogP contribution in [0.5, 0.6) is 0 Å². The fraction of sp³-hybridized carbons (Fsp3) is 0.864. The zero-order valence-corrected chi connectivity index (χ0v) is 19.5. The van der Waals surface area contributed by atoms with Crippen LogP contribution >= 0.6 is 0 Å². The normalized spacial score (nSPS) is 41.6. The fourth-order valence-electron chi connectivity index (χ4n) is 4.64. The quantitative estimate of drug-likeness (QED) is 0.611. The molecule has 0 aromatic rings. The molecule has 30 heavy (non-hydrogen) atoms. The Morgan fingerprint density at radius 3 is 1.97 bits per heavy atom. The summed E-state index contributed by atoms with van der Waals surface area (Å²) in [6.07, 6.45) is -1.63. The van der Waals surface area contributed by atoms with Gasteiger partial charge in [-0.05, 0) is 36.5 Å². The number of ether oxygens (including phenoxy) is 2. The van der Waals surface area contributed by atoms with Gasteiger partial charge in [-0.2, -0.15) is 0 Å². The number of amides is 3. The number of carbonyl (C=O) groups is 3. The van der Waals surface area contributed by atoms with Crippen LogP contribution in [-0.2, 0) is 23.9 Å². The van der Waals surface area contributed by atoms with Gasteiger partial charge in [-0.25, -0.2) is 0 Å². The van der Waals surface area contributed by atoms with E-state index < -0.39 is 18.2 Å². The molecule has 0 bridgehead atoms. The summed E-state index contributed by atoms with van der Waals surface area (Å²) in [7, 11) is 1.54. The van der Waals surface area contributed by atoms with E-state index >= 15 is 0 Å². The maximum Gasteiger partial charge on any atom is 0.251 e. The second-order valence-corrected chi connectivity index (χ2v) is 9.24. The molecule has 172 valence electrons. The van der Waals surface area contributed by atoms with Crippen molar-refractivity contribution in [2.24, 2.45) is 29.6 Å². The number of rotatable bonds is 5. The van der Waals surface area contributed by atoms with Crippen LogP contribution in [0, 0.1) is 29.6 Å². The summed E-state index contributed by atoms with van der Waals surface area (Å²) in [6.45, 7) is 14.1. The molecule has 2 aliphatic heterocycles. The molecule has 8 heteroatoms. The average Bonchev–Trinajstić information content (AvgIpc) is 2.70. The van der Waals surface area contributed by atoms with Crippen molar-refractivity contribution in [1.29, 1.82) is 0 Å². The van der Waals surface area contributed by atoms with Gasteiger partial charge in [0.15, 0.2) is 6.10 Å². The van der Waals surface area contributed by atoms with Crippen LogP contribution in [0.1, 0.15) is 48.5 Å². The van der Waals surface area contributed by atoms with E-state index in [1.54, 1.807) is 7.05 Å². The molecule has 3 N–H and O–H groups in total. The molecule has 2 fully saturated rings. The van der Waals surface area contributed by atoms with Crippen LogP contribution in [0.15, 0.2) is 0 Å². The molecule has 2 heterocycles. The zero-order chi connectivity index (χ0) is 22.7. The van der Waals surface area contributed by atoms with Gasteiger partial charge < -0.3 is 25.4 Å². The monoisotopic (exact) mass is 425 g/mol. The second-order valence-electron chi connectivity index (χ2n) is 9.24. The molecule has 0 aromatic heterocycles. The lowest BCUT2D eigenvalue weighted by Crippen LogP contribution is -2.62. The first kappa shape index (κ1) is 24.6. The lowest BCUT2D eigenvalue weighted by molar-refractivity contribution is -0.165. The van der Waals surface area contributed by atoms with E-state index in [9.17, 15) is 14.4 Å². The molecule has 0 radical (unpaired) electrons. The number of hydrogen-bond acceptors (Lipinski definition) is 5. The van der Waals surface area contributed by atoms with Crippen LogP contribution in [0.3, 0.4) is 0 Å². The van der Waals surface area contributed by atoms with E-state index in [0.717, 1.165) is 0 Å². The summed E-state index contributed by atoms with van der Waals surface area (Å²) in [4.78, 5) is 36.9. The van der Waals surface area contributed by atoms with Crippen molar-refractivity contribution in [2.45, 2.75) is 78.9 Å². The van der Waals surface area contributed by atoms with Crippen molar-refractivity contribution < 1.29 is 23.9 Å². The largest absolute Gasteiger partial charge is 0.365 e. The number of nitrogens with one attached hydrogen (secondary N) is 3. The highest BCUT2D eigenvalue weighted by atomic mass is 16.5. The molecule has 6 unspecified atom stereocenters. The Morgan fingerprint density at radius 2 is 1.40 bits per heavy atom. The predicted molar refractivity (Wildman–Crippen MR) is 113 cm³/mol. The minimum atomic E-state index is -0.808. The Labute approximate surface area is 180 Å². The van der Waals surface area contributed by atoms with Gasteiger partial charge >= 0.3 is 0 Å². The molecule has 2 aliphatic rings. The summed E-state index contributed by atoms with van der Waals surface area (Å²) in [6, 6.07) is -0.422. The Hall–Kier alpha value is -1.67. The second kappa shape index (κ2) is 10.1. The van der Waals surface area contributed by atoms with Crippen molar-refractivity contribution in [3.63, 3.8) is 0 Å². The predicted octanol–water partition coefficient (Wildman–Crippen LogP) is 1.09. The smallest absolute Gasteiger partial charge is 0.251 e. The molecule has 2 saturated heterocycles. The highest BCUT2D eigenvalue weighted by molar-refractivity contribution is 5.83. The third kappa shape index (κ3) is 5.14. The lowest BCUT2D eigenvalue weighted by Gasteiger charge is -2.45. The van der Waals surface area contributed by atoms with Crippen LogP contribution in [-0.4, -0.2) is 61.8 Å². The lowest BCUT2D eigenvalue weighted by atomic mass is 9.76. The van der Waals surface area contributed by atoms with Crippen molar-refractivity contribution in [3.05, 3.63) is 0 Å². The molecular weight excluding hydrogens is 386 g/mol. The van der Waals surface area contributed by atoms with Crippen LogP contribution < -0.4 is 16.0 Å². The molecule has 10 atom stereocenters. The number of likely N-dealkylation sites (N-methyl/N-ethyl adjacent to an activating group) is 1. The minimum absolute atomic E-state index is 0.00222. The standard InChI is InChI=1S/C22H39N3O5/c1-10-11(2)15(6)29-19(14(10)5)22(28)24-9-17-12(3)13(4)18(25-16(7)26)20(30-17)21(27)23-8/h10-15,17-20H,9H2,1-8H3,(H,23,27)(H,24,28)(H,25,26)/t10?,11?,12?,13?,14?,15-,17-,18?,19-,20-/m1/s1. The minimum Gasteiger partial charge on any atom is -0.365 e. The van der Waals surface area contributed by atoms with E-state index in [1.807, 2.05) is 20.8 Å². The van der Waals surface area contributed by atoms with Gasteiger partial charge in [-0.3, -0.25) is 14.4 Å². The Bertz CT molecular complexity index is 642. The van der Waals surface area contributed by atoms with Gasteiger partial charge in [-0.15, -0.1) is 0 Å². The highest BCUT2D eigenvalue weighted by Crippen LogP contribution is 2.35. The zero-order valence-electron chi connectivity index (χ0n) is 19.5. The van der Waals surface area contributed by atoms with Crippen LogP contribution in [0.25, 0.3) is 0 Å². The Balaban J connectivity index is 2.06. The van der Waals surface area contributed by atoms with Crippen molar-refractivity contribution in [1.82, 2.24) is 16.0 Å². The van der Waals surface area contributed by atoms with Gasteiger partial charge in [0, 0.05) is 20.5 Å². The van der Waals surface area contributed by atoms with E-state index in [-0.39, 0.29) is 54.2 Å². The maximum absolute atomic E-state index is 12.9. The molecule has 0 aliphatic carbocycles. The first-order chi connectivity index (χ1) is 14.0. The number of hydrogen-bond donors (Lipinski definition) is 3. The van der Waals surface area contributed by atoms with E-state index in [1.165, 1.54) is 6.92 Å². The molecule has 3 amide bonds. The van der Waals surface area contributed by atoms with Crippen LogP contribution in [0.4, 0.5) is 0 Å². The molecule has 8 nitrogen and oxygen atoms in total. The first-order valence-corrected chi connectivity index (χ1v) is 11.1. The average molecular weight is 426 g/mol. The van der Waals surface area contributed by atoms with Gasteiger partial charge in [0.1, 0.15) is 6.10 Å². The summed E-state index contributed by atoms with van der Waals surface area (Å²) in [5, 5.41) is 8.44. The van der Waals surface area contributed by atoms with Gasteiger partial charge in [0.2, 0.25) is 11.8 Å². The first-order valence-electron chi connectivity index (χ1n) is 11.1. The third-order valence-corrected chi connectivity index (χ3v) is 7.48. The number of carbonyl (C=O) groups excluding carboxylic acids is 3. The summed E-state index contributed by atoms with van der Waals surface area (Å²) < 4.78 is 12.1. The SMILES string of the molecule is CNC(=O)[C@@H]1O[C@H](CNC(=O)[C@@H]2O[C@H](C)C(C)C(C)C2C)C(C)C(C)C1NC(C)=O. The molecule has 0 spiro atoms. The topological polar surface area (TPSA) is 106 Å². The van der Waals surface area contributed by atoms with Gasteiger partial charge in [0.25, 0.3) is 5.91 Å². The molecule has 0 aromatic carbocycles. The molecule has 0 saturated carbocycles. The Kier molecular flexibility index (Phi) is 8.27. The molecular formula is C22H39N3O5.